The van der Waals surface area contributed by atoms with Crippen molar-refractivity contribution in [3.63, 3.8) is 0 Å². The first-order chi connectivity index (χ1) is 13.1. The highest BCUT2D eigenvalue weighted by molar-refractivity contribution is 14.0. The average molecular weight is 557 g/mol. The summed E-state index contributed by atoms with van der Waals surface area (Å²) in [7, 11) is 5.91. The summed E-state index contributed by atoms with van der Waals surface area (Å²) in [6, 6.07) is 12.5. The van der Waals surface area contributed by atoms with Gasteiger partial charge >= 0.3 is 0 Å². The smallest absolute Gasteiger partial charge is 0.194 e. The van der Waals surface area contributed by atoms with E-state index in [9.17, 15) is 0 Å². The van der Waals surface area contributed by atoms with Crippen molar-refractivity contribution in [3.05, 3.63) is 76.3 Å². The first-order valence-electron chi connectivity index (χ1n) is 8.83. The summed E-state index contributed by atoms with van der Waals surface area (Å²) in [5.41, 5.74) is 3.70. The lowest BCUT2D eigenvalue weighted by Gasteiger charge is -2.23. The van der Waals surface area contributed by atoms with Gasteiger partial charge in [-0.1, -0.05) is 24.3 Å². The fourth-order valence-corrected chi connectivity index (χ4v) is 3.62. The third-order valence-electron chi connectivity index (χ3n) is 4.49. The number of halogens is 2. The van der Waals surface area contributed by atoms with Gasteiger partial charge in [0.05, 0.1) is 13.1 Å². The molecule has 1 N–H and O–H groups in total. The van der Waals surface area contributed by atoms with Crippen molar-refractivity contribution < 1.29 is 0 Å². The third kappa shape index (κ3) is 5.84. The van der Waals surface area contributed by atoms with Crippen LogP contribution in [0.2, 0.25) is 0 Å². The van der Waals surface area contributed by atoms with E-state index in [4.69, 9.17) is 0 Å². The lowest BCUT2D eigenvalue weighted by molar-refractivity contribution is 0.461. The Bertz CT molecular complexity index is 903. The highest BCUT2D eigenvalue weighted by Crippen LogP contribution is 2.15. The van der Waals surface area contributed by atoms with E-state index in [1.165, 1.54) is 16.8 Å². The molecule has 28 heavy (non-hydrogen) atoms. The number of rotatable bonds is 6. The molecule has 6 nitrogen and oxygen atoms in total. The Morgan fingerprint density at radius 1 is 1.25 bits per heavy atom. The van der Waals surface area contributed by atoms with Crippen LogP contribution in [0.15, 0.2) is 64.5 Å². The van der Waals surface area contributed by atoms with Crippen molar-refractivity contribution in [2.75, 3.05) is 14.1 Å². The lowest BCUT2D eigenvalue weighted by atomic mass is 10.1. The van der Waals surface area contributed by atoms with E-state index in [2.05, 4.69) is 84.4 Å². The van der Waals surface area contributed by atoms with Crippen LogP contribution in [-0.4, -0.2) is 39.3 Å². The van der Waals surface area contributed by atoms with E-state index < -0.39 is 0 Å². The molecule has 2 heterocycles. The second-order valence-electron chi connectivity index (χ2n) is 6.49. The molecular weight excluding hydrogens is 531 g/mol. The summed E-state index contributed by atoms with van der Waals surface area (Å²) in [4.78, 5) is 6.56. The molecule has 0 atom stereocenters. The lowest BCUT2D eigenvalue weighted by Crippen LogP contribution is -2.38. The van der Waals surface area contributed by atoms with Crippen molar-refractivity contribution in [2.24, 2.45) is 12.0 Å². The van der Waals surface area contributed by atoms with Gasteiger partial charge in [-0.05, 0) is 39.2 Å². The molecule has 3 aromatic rings. The molecule has 0 aliphatic rings. The van der Waals surface area contributed by atoms with Crippen LogP contribution in [-0.2, 0) is 26.7 Å². The van der Waals surface area contributed by atoms with Gasteiger partial charge in [-0.25, -0.2) is 0 Å². The van der Waals surface area contributed by atoms with Crippen molar-refractivity contribution in [1.82, 2.24) is 24.6 Å². The zero-order valence-corrected chi connectivity index (χ0v) is 20.3. The summed E-state index contributed by atoms with van der Waals surface area (Å²) in [5, 5.41) is 7.78. The molecule has 2 aromatic heterocycles. The summed E-state index contributed by atoms with van der Waals surface area (Å²) in [6.45, 7) is 2.25. The molecule has 0 unspecified atom stereocenters. The van der Waals surface area contributed by atoms with Crippen molar-refractivity contribution in [2.45, 2.75) is 19.6 Å². The number of nitrogens with one attached hydrogen (secondary N) is 1. The van der Waals surface area contributed by atoms with Gasteiger partial charge in [0.15, 0.2) is 5.96 Å². The van der Waals surface area contributed by atoms with Crippen LogP contribution < -0.4 is 5.32 Å². The molecule has 0 bridgehead atoms. The molecule has 0 aliphatic heterocycles. The van der Waals surface area contributed by atoms with Crippen LogP contribution in [0, 0.1) is 0 Å². The number of aromatic nitrogens is 3. The monoisotopic (exact) mass is 556 g/mol. The Hall–Kier alpha value is -1.81. The molecule has 0 aliphatic carbocycles. The van der Waals surface area contributed by atoms with Crippen LogP contribution in [0.4, 0.5) is 0 Å². The van der Waals surface area contributed by atoms with E-state index >= 15 is 0 Å². The quantitative estimate of drug-likeness (QED) is 0.285. The van der Waals surface area contributed by atoms with Crippen LogP contribution in [0.3, 0.4) is 0 Å². The van der Waals surface area contributed by atoms with Crippen LogP contribution in [0.5, 0.6) is 0 Å². The number of hydrogen-bond donors (Lipinski definition) is 1. The van der Waals surface area contributed by atoms with Gasteiger partial charge < -0.3 is 14.8 Å². The van der Waals surface area contributed by atoms with E-state index in [1.54, 1.807) is 6.20 Å². The van der Waals surface area contributed by atoms with E-state index in [-0.39, 0.29) is 24.0 Å². The van der Waals surface area contributed by atoms with Crippen LogP contribution in [0.1, 0.15) is 16.8 Å². The van der Waals surface area contributed by atoms with Gasteiger partial charge in [0, 0.05) is 56.4 Å². The minimum absolute atomic E-state index is 0. The first-order valence-corrected chi connectivity index (χ1v) is 9.63. The molecule has 150 valence electrons. The standard InChI is InChI=1S/C20H25BrN6.HI/c1-22-20(26(3)15-19-11-18(21)14-25(19)2)23-12-16-7-4-5-8-17(16)13-27-10-6-9-24-27;/h4-11,14H,12-13,15H2,1-3H3,(H,22,23);1H. The zero-order valence-electron chi connectivity index (χ0n) is 16.3. The van der Waals surface area contributed by atoms with Crippen LogP contribution >= 0.6 is 39.9 Å². The number of benzene rings is 1. The molecule has 0 spiro atoms. The summed E-state index contributed by atoms with van der Waals surface area (Å²) < 4.78 is 5.14. The predicted octanol–water partition coefficient (Wildman–Crippen LogP) is 3.86. The average Bonchev–Trinajstić information content (AvgIpc) is 3.26. The topological polar surface area (TPSA) is 50.4 Å². The first kappa shape index (κ1) is 22.5. The molecule has 1 aromatic carbocycles. The molecular formula is C20H26BrIN6. The predicted molar refractivity (Wildman–Crippen MR) is 128 cm³/mol. The third-order valence-corrected chi connectivity index (χ3v) is 4.93. The summed E-state index contributed by atoms with van der Waals surface area (Å²) >= 11 is 3.53. The molecule has 0 saturated carbocycles. The number of guanidine groups is 1. The molecule has 0 fully saturated rings. The number of aryl methyl sites for hydroxylation is 1. The highest BCUT2D eigenvalue weighted by Gasteiger charge is 2.11. The Morgan fingerprint density at radius 2 is 2.00 bits per heavy atom. The van der Waals surface area contributed by atoms with E-state index in [0.29, 0.717) is 6.54 Å². The van der Waals surface area contributed by atoms with Crippen molar-refractivity contribution in [3.8, 4) is 0 Å². The SMILES string of the molecule is CN=C(NCc1ccccc1Cn1cccn1)N(C)Cc1cc(Br)cn1C.I. The molecule has 0 radical (unpaired) electrons. The largest absolute Gasteiger partial charge is 0.352 e. The second-order valence-corrected chi connectivity index (χ2v) is 7.41. The Kier molecular flexibility index (Phi) is 8.56. The molecule has 3 rings (SSSR count). The van der Waals surface area contributed by atoms with Crippen molar-refractivity contribution >= 4 is 45.9 Å². The van der Waals surface area contributed by atoms with Crippen LogP contribution in [0.25, 0.3) is 0 Å². The maximum atomic E-state index is 4.43. The van der Waals surface area contributed by atoms with Gasteiger partial charge in [0.2, 0.25) is 0 Å². The van der Waals surface area contributed by atoms with Gasteiger partial charge in [0.25, 0.3) is 0 Å². The Balaban J connectivity index is 0.00000280. The molecule has 8 heteroatoms. The number of hydrogen-bond acceptors (Lipinski definition) is 2. The normalized spacial score (nSPS) is 11.2. The van der Waals surface area contributed by atoms with E-state index in [1.807, 2.05) is 31.0 Å². The Morgan fingerprint density at radius 3 is 2.61 bits per heavy atom. The maximum absolute atomic E-state index is 4.43. The van der Waals surface area contributed by atoms with Gasteiger partial charge in [0.1, 0.15) is 0 Å². The number of aliphatic imine (C=N–C) groups is 1. The maximum Gasteiger partial charge on any atom is 0.194 e. The van der Waals surface area contributed by atoms with E-state index in [0.717, 1.165) is 23.5 Å². The zero-order chi connectivity index (χ0) is 19.2. The Labute approximate surface area is 191 Å². The highest BCUT2D eigenvalue weighted by atomic mass is 127. The minimum atomic E-state index is 0. The molecule has 0 amide bonds. The van der Waals surface area contributed by atoms with Gasteiger partial charge in [-0.2, -0.15) is 5.10 Å². The fourth-order valence-electron chi connectivity index (χ4n) is 3.05. The minimum Gasteiger partial charge on any atom is -0.352 e. The second kappa shape index (κ2) is 10.7. The van der Waals surface area contributed by atoms with Crippen molar-refractivity contribution in [1.29, 1.82) is 0 Å². The molecule has 0 saturated heterocycles. The fraction of sp³-hybridized carbons (Fsp3) is 0.300. The van der Waals surface area contributed by atoms with Gasteiger partial charge in [-0.15, -0.1) is 24.0 Å². The summed E-state index contributed by atoms with van der Waals surface area (Å²) in [6.07, 6.45) is 5.85. The van der Waals surface area contributed by atoms with Gasteiger partial charge in [-0.3, -0.25) is 9.67 Å². The number of nitrogens with zero attached hydrogens (tertiary/aromatic N) is 5. The summed E-state index contributed by atoms with van der Waals surface area (Å²) in [5.74, 6) is 0.862.